The van der Waals surface area contributed by atoms with E-state index in [2.05, 4.69) is 20.4 Å². The van der Waals surface area contributed by atoms with Crippen LogP contribution in [-0.4, -0.2) is 25.3 Å². The smallest absolute Gasteiger partial charge is 0.307 e. The van der Waals surface area contributed by atoms with Gasteiger partial charge in [-0.1, -0.05) is 33.3 Å². The minimum atomic E-state index is -0.928. The van der Waals surface area contributed by atoms with Crippen LogP contribution in [0.2, 0.25) is 0 Å². The summed E-state index contributed by atoms with van der Waals surface area (Å²) in [6.07, 6.45) is 6.36. The van der Waals surface area contributed by atoms with Crippen molar-refractivity contribution in [2.24, 2.45) is 11.3 Å². The van der Waals surface area contributed by atoms with Crippen LogP contribution >= 0.6 is 0 Å². The molecule has 0 aromatic rings. The molecule has 0 bridgehead atoms. The van der Waals surface area contributed by atoms with E-state index in [0.29, 0.717) is 19.1 Å². The fourth-order valence-electron chi connectivity index (χ4n) is 3.22. The van der Waals surface area contributed by atoms with Gasteiger partial charge in [-0.05, 0) is 18.8 Å². The molecule has 18 heavy (non-hydrogen) atoms. The molecule has 0 amide bonds. The summed E-state index contributed by atoms with van der Waals surface area (Å²) in [4.78, 5) is 0. The fourth-order valence-corrected chi connectivity index (χ4v) is 3.22. The molecule has 2 saturated heterocycles. The highest BCUT2D eigenvalue weighted by Crippen LogP contribution is 2.46. The average Bonchev–Trinajstić information content (AvgIpc) is 2.92. The van der Waals surface area contributed by atoms with Crippen molar-refractivity contribution >= 4 is 0 Å². The Morgan fingerprint density at radius 3 is 2.33 bits per heavy atom. The van der Waals surface area contributed by atoms with Gasteiger partial charge in [-0.25, -0.2) is 0 Å². The lowest BCUT2D eigenvalue weighted by molar-refractivity contribution is -0.392. The molecular weight excluding hydrogens is 228 g/mol. The predicted molar refractivity (Wildman–Crippen MR) is 69.0 cm³/mol. The zero-order valence-corrected chi connectivity index (χ0v) is 11.5. The molecule has 0 aromatic heterocycles. The van der Waals surface area contributed by atoms with Crippen LogP contribution in [0.1, 0.15) is 46.0 Å². The van der Waals surface area contributed by atoms with Crippen LogP contribution in [0.3, 0.4) is 0 Å². The molecule has 1 saturated carbocycles. The molecule has 0 aromatic carbocycles. The van der Waals surface area contributed by atoms with Crippen molar-refractivity contribution in [3.8, 4) is 0 Å². The SMILES string of the molecule is C=C1CC(C2CCCC2)OC12OCC(C)(C)CO2. The second-order valence-corrected chi connectivity index (χ2v) is 6.81. The quantitative estimate of drug-likeness (QED) is 0.670. The molecule has 102 valence electrons. The Labute approximate surface area is 109 Å². The lowest BCUT2D eigenvalue weighted by atomic mass is 9.94. The van der Waals surface area contributed by atoms with E-state index in [1.165, 1.54) is 25.7 Å². The molecule has 3 rings (SSSR count). The summed E-state index contributed by atoms with van der Waals surface area (Å²) < 4.78 is 17.9. The second-order valence-electron chi connectivity index (χ2n) is 6.81. The Kier molecular flexibility index (Phi) is 3.04. The van der Waals surface area contributed by atoms with Crippen molar-refractivity contribution in [2.45, 2.75) is 58.0 Å². The Hall–Kier alpha value is -0.380. The van der Waals surface area contributed by atoms with Gasteiger partial charge in [0.15, 0.2) is 0 Å². The third kappa shape index (κ3) is 2.13. The molecule has 2 aliphatic heterocycles. The first-order valence-corrected chi connectivity index (χ1v) is 7.15. The summed E-state index contributed by atoms with van der Waals surface area (Å²) in [6.45, 7) is 9.76. The minimum Gasteiger partial charge on any atom is -0.323 e. The number of hydrogen-bond acceptors (Lipinski definition) is 3. The highest BCUT2D eigenvalue weighted by Gasteiger charge is 2.52. The minimum absolute atomic E-state index is 0.0698. The molecule has 3 nitrogen and oxygen atoms in total. The average molecular weight is 252 g/mol. The summed E-state index contributed by atoms with van der Waals surface area (Å²) in [5.41, 5.74) is 1.04. The number of rotatable bonds is 1. The maximum Gasteiger partial charge on any atom is 0.307 e. The first kappa shape index (κ1) is 12.6. The normalized spacial score (nSPS) is 35.4. The van der Waals surface area contributed by atoms with Gasteiger partial charge in [0.1, 0.15) is 0 Å². The Morgan fingerprint density at radius 2 is 1.72 bits per heavy atom. The first-order chi connectivity index (χ1) is 8.51. The second kappa shape index (κ2) is 4.32. The maximum absolute atomic E-state index is 6.14. The van der Waals surface area contributed by atoms with E-state index in [9.17, 15) is 0 Å². The van der Waals surface area contributed by atoms with Crippen LogP contribution in [0.15, 0.2) is 12.2 Å². The van der Waals surface area contributed by atoms with Crippen molar-refractivity contribution < 1.29 is 14.2 Å². The fraction of sp³-hybridized carbons (Fsp3) is 0.867. The molecule has 0 radical (unpaired) electrons. The van der Waals surface area contributed by atoms with Crippen molar-refractivity contribution in [3.05, 3.63) is 12.2 Å². The lowest BCUT2D eigenvalue weighted by Crippen LogP contribution is -2.48. The molecule has 1 aliphatic carbocycles. The van der Waals surface area contributed by atoms with Crippen LogP contribution in [0.4, 0.5) is 0 Å². The zero-order valence-electron chi connectivity index (χ0n) is 11.5. The first-order valence-electron chi connectivity index (χ1n) is 7.15. The van der Waals surface area contributed by atoms with E-state index < -0.39 is 5.97 Å². The molecule has 1 unspecified atom stereocenters. The van der Waals surface area contributed by atoms with Gasteiger partial charge >= 0.3 is 5.97 Å². The Bertz CT molecular complexity index is 332. The van der Waals surface area contributed by atoms with Gasteiger partial charge in [-0.2, -0.15) is 0 Å². The van der Waals surface area contributed by atoms with Crippen molar-refractivity contribution in [3.63, 3.8) is 0 Å². The van der Waals surface area contributed by atoms with Gasteiger partial charge in [-0.15, -0.1) is 0 Å². The molecule has 3 fully saturated rings. The molecule has 1 atom stereocenters. The van der Waals surface area contributed by atoms with Gasteiger partial charge < -0.3 is 14.2 Å². The van der Waals surface area contributed by atoms with E-state index in [1.807, 2.05) is 0 Å². The van der Waals surface area contributed by atoms with Crippen LogP contribution in [0, 0.1) is 11.3 Å². The molecule has 2 heterocycles. The van der Waals surface area contributed by atoms with Crippen molar-refractivity contribution in [2.75, 3.05) is 13.2 Å². The molecular formula is C15H24O3. The largest absolute Gasteiger partial charge is 0.323 e. The standard InChI is InChI=1S/C15H24O3/c1-11-8-13(12-6-4-5-7-12)18-15(11)16-9-14(2,3)10-17-15/h12-13H,1,4-10H2,2-3H3. The Balaban J connectivity index is 1.68. The van der Waals surface area contributed by atoms with Gasteiger partial charge in [-0.3, -0.25) is 0 Å². The van der Waals surface area contributed by atoms with Gasteiger partial charge in [0, 0.05) is 17.4 Å². The third-order valence-corrected chi connectivity index (χ3v) is 4.42. The predicted octanol–water partition coefficient (Wildman–Crippen LogP) is 3.25. The molecule has 1 spiro atoms. The van der Waals surface area contributed by atoms with Gasteiger partial charge in [0.2, 0.25) is 0 Å². The third-order valence-electron chi connectivity index (χ3n) is 4.42. The van der Waals surface area contributed by atoms with E-state index in [0.717, 1.165) is 12.0 Å². The van der Waals surface area contributed by atoms with Crippen LogP contribution in [0.25, 0.3) is 0 Å². The highest BCUT2D eigenvalue weighted by atomic mass is 16.9. The van der Waals surface area contributed by atoms with Crippen LogP contribution in [0.5, 0.6) is 0 Å². The summed E-state index contributed by atoms with van der Waals surface area (Å²) in [5.74, 6) is -0.258. The van der Waals surface area contributed by atoms with E-state index in [1.54, 1.807) is 0 Å². The van der Waals surface area contributed by atoms with Crippen LogP contribution in [-0.2, 0) is 14.2 Å². The zero-order chi connectivity index (χ0) is 12.8. The molecule has 0 N–H and O–H groups in total. The molecule has 3 heteroatoms. The van der Waals surface area contributed by atoms with Gasteiger partial charge in [0.05, 0.1) is 19.3 Å². The monoisotopic (exact) mass is 252 g/mol. The molecule has 3 aliphatic rings. The summed E-state index contributed by atoms with van der Waals surface area (Å²) >= 11 is 0. The van der Waals surface area contributed by atoms with E-state index in [-0.39, 0.29) is 11.5 Å². The van der Waals surface area contributed by atoms with E-state index in [4.69, 9.17) is 14.2 Å². The summed E-state index contributed by atoms with van der Waals surface area (Å²) in [6, 6.07) is 0. The summed E-state index contributed by atoms with van der Waals surface area (Å²) in [7, 11) is 0. The van der Waals surface area contributed by atoms with Crippen LogP contribution < -0.4 is 0 Å². The van der Waals surface area contributed by atoms with Gasteiger partial charge in [0.25, 0.3) is 0 Å². The maximum atomic E-state index is 6.14. The lowest BCUT2D eigenvalue weighted by Gasteiger charge is -2.41. The van der Waals surface area contributed by atoms with Crippen molar-refractivity contribution in [1.29, 1.82) is 0 Å². The number of ether oxygens (including phenoxy) is 3. The Morgan fingerprint density at radius 1 is 1.11 bits per heavy atom. The number of hydrogen-bond donors (Lipinski definition) is 0. The van der Waals surface area contributed by atoms with E-state index >= 15 is 0 Å². The summed E-state index contributed by atoms with van der Waals surface area (Å²) in [5, 5.41) is 0. The highest BCUT2D eigenvalue weighted by molar-refractivity contribution is 5.13. The van der Waals surface area contributed by atoms with Crippen molar-refractivity contribution in [1.82, 2.24) is 0 Å². The topological polar surface area (TPSA) is 27.7 Å².